The van der Waals surface area contributed by atoms with Crippen LogP contribution in [-0.4, -0.2) is 30.9 Å². The predicted octanol–water partition coefficient (Wildman–Crippen LogP) is 2.48. The molecule has 1 N–H and O–H groups in total. The van der Waals surface area contributed by atoms with Crippen molar-refractivity contribution in [2.45, 2.75) is 47.0 Å². The fraction of sp³-hybridized carbons (Fsp3) is 0.769. The van der Waals surface area contributed by atoms with Crippen LogP contribution in [0.3, 0.4) is 0 Å². The predicted molar refractivity (Wildman–Crippen MR) is 72.9 cm³/mol. The smallest absolute Gasteiger partial charge is 0.433 e. The third-order valence-electron chi connectivity index (χ3n) is 2.70. The largest absolute Gasteiger partial charge is 0.464 e. The van der Waals surface area contributed by atoms with Crippen molar-refractivity contribution in [3.63, 3.8) is 0 Å². The van der Waals surface area contributed by atoms with Gasteiger partial charge in [-0.1, -0.05) is 32.9 Å². The van der Waals surface area contributed by atoms with Gasteiger partial charge in [0.15, 0.2) is 0 Å². The fourth-order valence-corrected chi connectivity index (χ4v) is 1.13. The number of oxime groups is 1. The van der Waals surface area contributed by atoms with Gasteiger partial charge in [-0.05, 0) is 19.3 Å². The van der Waals surface area contributed by atoms with Gasteiger partial charge in [0.25, 0.3) is 0 Å². The van der Waals surface area contributed by atoms with Crippen molar-refractivity contribution < 1.29 is 19.2 Å². The zero-order valence-electron chi connectivity index (χ0n) is 12.2. The first-order valence-corrected chi connectivity index (χ1v) is 6.72. The second-order valence-corrected chi connectivity index (χ2v) is 4.15. The summed E-state index contributed by atoms with van der Waals surface area (Å²) in [5.41, 5.74) is 0.818. The van der Waals surface area contributed by atoms with Crippen LogP contribution in [0.25, 0.3) is 0 Å². The molecular formula is C13H24N2O4. The minimum absolute atomic E-state index is 0.117. The summed E-state index contributed by atoms with van der Waals surface area (Å²) in [7, 11) is 0. The number of rotatable bonds is 8. The van der Waals surface area contributed by atoms with Crippen molar-refractivity contribution in [3.05, 3.63) is 0 Å². The van der Waals surface area contributed by atoms with Crippen molar-refractivity contribution in [2.75, 3.05) is 13.2 Å². The molecule has 0 aliphatic rings. The number of carbonyl (C=O) groups is 2. The van der Waals surface area contributed by atoms with Crippen LogP contribution >= 0.6 is 0 Å². The Morgan fingerprint density at radius 3 is 2.37 bits per heavy atom. The highest BCUT2D eigenvalue weighted by Crippen LogP contribution is 2.02. The Labute approximate surface area is 114 Å². The molecule has 0 radical (unpaired) electrons. The molecule has 0 saturated carbocycles. The SMILES string of the molecule is CCC(CC)=NOC(=O)NCCOC(=O)C(C)CC. The van der Waals surface area contributed by atoms with E-state index in [1.165, 1.54) is 0 Å². The summed E-state index contributed by atoms with van der Waals surface area (Å²) in [5, 5.41) is 6.17. The van der Waals surface area contributed by atoms with E-state index in [1.807, 2.05) is 20.8 Å². The lowest BCUT2D eigenvalue weighted by Crippen LogP contribution is -2.28. The number of ether oxygens (including phenoxy) is 1. The van der Waals surface area contributed by atoms with Crippen molar-refractivity contribution in [2.24, 2.45) is 11.1 Å². The third kappa shape index (κ3) is 8.18. The quantitative estimate of drug-likeness (QED) is 0.242. The lowest BCUT2D eigenvalue weighted by Gasteiger charge is -2.09. The molecule has 0 heterocycles. The molecule has 0 fully saturated rings. The van der Waals surface area contributed by atoms with Crippen LogP contribution in [0.5, 0.6) is 0 Å². The van der Waals surface area contributed by atoms with Crippen LogP contribution in [0.1, 0.15) is 47.0 Å². The number of hydrogen-bond donors (Lipinski definition) is 1. The second kappa shape index (κ2) is 10.3. The molecule has 0 aliphatic heterocycles. The maximum Gasteiger partial charge on any atom is 0.433 e. The number of hydrogen-bond acceptors (Lipinski definition) is 5. The summed E-state index contributed by atoms with van der Waals surface area (Å²) in [6.07, 6.45) is 1.59. The molecule has 0 aromatic rings. The van der Waals surface area contributed by atoms with Gasteiger partial charge < -0.3 is 10.1 Å². The second-order valence-electron chi connectivity index (χ2n) is 4.15. The van der Waals surface area contributed by atoms with Gasteiger partial charge in [0, 0.05) is 0 Å². The van der Waals surface area contributed by atoms with Crippen molar-refractivity contribution in [1.82, 2.24) is 5.32 Å². The first-order chi connectivity index (χ1) is 9.04. The summed E-state index contributed by atoms with van der Waals surface area (Å²) < 4.78 is 4.97. The number of esters is 1. The highest BCUT2D eigenvalue weighted by molar-refractivity contribution is 5.84. The van der Waals surface area contributed by atoms with Gasteiger partial charge in [0.05, 0.1) is 18.2 Å². The molecule has 0 aromatic carbocycles. The van der Waals surface area contributed by atoms with Gasteiger partial charge in [-0.2, -0.15) is 0 Å². The molecule has 1 atom stereocenters. The summed E-state index contributed by atoms with van der Waals surface area (Å²) in [4.78, 5) is 27.2. The van der Waals surface area contributed by atoms with Gasteiger partial charge >= 0.3 is 12.1 Å². The van der Waals surface area contributed by atoms with Gasteiger partial charge in [0.1, 0.15) is 6.61 Å². The Hall–Kier alpha value is -1.59. The third-order valence-corrected chi connectivity index (χ3v) is 2.70. The molecule has 19 heavy (non-hydrogen) atoms. The Bertz CT molecular complexity index is 310. The van der Waals surface area contributed by atoms with E-state index in [0.717, 1.165) is 25.0 Å². The normalized spacial score (nSPS) is 11.4. The topological polar surface area (TPSA) is 77.0 Å². The molecule has 0 bridgehead atoms. The van der Waals surface area contributed by atoms with E-state index in [4.69, 9.17) is 4.74 Å². The number of amides is 1. The van der Waals surface area contributed by atoms with Crippen LogP contribution in [0.4, 0.5) is 4.79 Å². The van der Waals surface area contributed by atoms with E-state index in [9.17, 15) is 9.59 Å². The summed E-state index contributed by atoms with van der Waals surface area (Å²) in [6.45, 7) is 7.95. The van der Waals surface area contributed by atoms with E-state index in [0.29, 0.717) is 0 Å². The van der Waals surface area contributed by atoms with Crippen molar-refractivity contribution in [1.29, 1.82) is 0 Å². The molecule has 0 saturated heterocycles. The summed E-state index contributed by atoms with van der Waals surface area (Å²) in [6, 6.07) is 0. The maximum atomic E-state index is 11.3. The minimum Gasteiger partial charge on any atom is -0.464 e. The average molecular weight is 272 g/mol. The molecular weight excluding hydrogens is 248 g/mol. The Balaban J connectivity index is 3.75. The lowest BCUT2D eigenvalue weighted by atomic mass is 10.1. The Morgan fingerprint density at radius 1 is 1.21 bits per heavy atom. The van der Waals surface area contributed by atoms with Crippen LogP contribution < -0.4 is 5.32 Å². The Kier molecular flexibility index (Phi) is 9.48. The molecule has 0 aromatic heterocycles. The molecule has 6 nitrogen and oxygen atoms in total. The maximum absolute atomic E-state index is 11.3. The van der Waals surface area contributed by atoms with Gasteiger partial charge in [-0.25, -0.2) is 4.79 Å². The molecule has 110 valence electrons. The molecule has 0 spiro atoms. The van der Waals surface area contributed by atoms with Gasteiger partial charge in [-0.3, -0.25) is 9.63 Å². The fourth-order valence-electron chi connectivity index (χ4n) is 1.13. The van der Waals surface area contributed by atoms with Crippen LogP contribution in [-0.2, 0) is 14.4 Å². The van der Waals surface area contributed by atoms with E-state index < -0.39 is 6.09 Å². The van der Waals surface area contributed by atoms with E-state index in [2.05, 4.69) is 15.3 Å². The average Bonchev–Trinajstić information content (AvgIpc) is 2.43. The van der Waals surface area contributed by atoms with Crippen molar-refractivity contribution in [3.8, 4) is 0 Å². The van der Waals surface area contributed by atoms with E-state index in [1.54, 1.807) is 6.92 Å². The molecule has 1 unspecified atom stereocenters. The van der Waals surface area contributed by atoms with Crippen LogP contribution in [0.2, 0.25) is 0 Å². The van der Waals surface area contributed by atoms with E-state index >= 15 is 0 Å². The van der Waals surface area contributed by atoms with Crippen LogP contribution in [0.15, 0.2) is 5.16 Å². The first-order valence-electron chi connectivity index (χ1n) is 6.72. The standard InChI is InChI=1S/C13H24N2O4/c1-5-10(4)12(16)18-9-8-14-13(17)19-15-11(6-2)7-3/h10H,5-9H2,1-4H3,(H,14,17). The van der Waals surface area contributed by atoms with E-state index in [-0.39, 0.29) is 25.0 Å². The molecule has 6 heteroatoms. The number of carbonyl (C=O) groups excluding carboxylic acids is 2. The molecule has 0 rings (SSSR count). The van der Waals surface area contributed by atoms with Crippen molar-refractivity contribution >= 4 is 17.8 Å². The monoisotopic (exact) mass is 272 g/mol. The molecule has 1 amide bonds. The summed E-state index contributed by atoms with van der Waals surface area (Å²) in [5.74, 6) is -0.372. The lowest BCUT2D eigenvalue weighted by molar-refractivity contribution is -0.147. The minimum atomic E-state index is -0.640. The molecule has 0 aliphatic carbocycles. The highest BCUT2D eigenvalue weighted by atomic mass is 16.7. The first kappa shape index (κ1) is 17.4. The zero-order chi connectivity index (χ0) is 14.7. The van der Waals surface area contributed by atoms with Gasteiger partial charge in [0.2, 0.25) is 0 Å². The highest BCUT2D eigenvalue weighted by Gasteiger charge is 2.11. The number of nitrogens with zero attached hydrogens (tertiary/aromatic N) is 1. The van der Waals surface area contributed by atoms with Gasteiger partial charge in [-0.15, -0.1) is 0 Å². The summed E-state index contributed by atoms with van der Waals surface area (Å²) >= 11 is 0. The Morgan fingerprint density at radius 2 is 1.84 bits per heavy atom. The number of nitrogens with one attached hydrogen (secondary N) is 1. The van der Waals surface area contributed by atoms with Crippen LogP contribution in [0, 0.1) is 5.92 Å². The zero-order valence-corrected chi connectivity index (χ0v) is 12.2.